The lowest BCUT2D eigenvalue weighted by molar-refractivity contribution is -0.121. The highest BCUT2D eigenvalue weighted by Gasteiger charge is 2.35. The normalized spacial score (nSPS) is 14.1. The van der Waals surface area contributed by atoms with Crippen LogP contribution in [0, 0.1) is 24.7 Å². The van der Waals surface area contributed by atoms with Crippen molar-refractivity contribution in [1.82, 2.24) is 34.7 Å². The molecule has 6 heterocycles. The van der Waals surface area contributed by atoms with Crippen LogP contribution in [0.5, 0.6) is 0 Å². The van der Waals surface area contributed by atoms with Gasteiger partial charge in [0.05, 0.1) is 52.6 Å². The summed E-state index contributed by atoms with van der Waals surface area (Å²) in [7, 11) is 1.94. The van der Waals surface area contributed by atoms with Crippen LogP contribution in [0.15, 0.2) is 109 Å². The van der Waals surface area contributed by atoms with E-state index in [2.05, 4.69) is 76.6 Å². The minimum atomic E-state index is -0.783. The summed E-state index contributed by atoms with van der Waals surface area (Å²) < 4.78 is 4.06. The fraction of sp³-hybridized carbons (Fsp3) is 0.317. The smallest absolute Gasteiger partial charge is 0.251 e. The molecule has 0 aliphatic carbocycles. The number of aliphatic imine (C=N–C) groups is 1. The summed E-state index contributed by atoms with van der Waals surface area (Å²) in [4.78, 5) is 62.1. The van der Waals surface area contributed by atoms with Crippen molar-refractivity contribution < 1.29 is 18.7 Å². The van der Waals surface area contributed by atoms with Crippen LogP contribution in [0.4, 0.5) is 10.7 Å². The van der Waals surface area contributed by atoms with E-state index in [-0.39, 0.29) is 40.1 Å². The zero-order valence-corrected chi connectivity index (χ0v) is 45.3. The SMILES string of the molecule is CC.CCCCc1ccc(C2=N[C@@H](CC(=O)NCCCCCNC(=O)c3ccc4c(c3)nc(-c3cc(-c5cncn5C)nc5ccccc35)n4-c3ccc4c(c3)CCC(=O)N4)C(=N)N(C(C)=N)c3sc(C)c(C)c32)cc1.[HH].[HH].[HH]. The van der Waals surface area contributed by atoms with Crippen LogP contribution in [-0.4, -0.2) is 78.3 Å². The topological polar surface area (TPSA) is 199 Å². The number of anilines is 2. The van der Waals surface area contributed by atoms with E-state index < -0.39 is 6.04 Å². The molecule has 0 saturated heterocycles. The zero-order chi connectivity index (χ0) is 53.6. The number of thiophene rings is 1. The Hall–Kier alpha value is -8.11. The number of nitrogens with zero attached hydrogens (tertiary/aromatic N) is 7. The van der Waals surface area contributed by atoms with Gasteiger partial charge in [-0.2, -0.15) is 0 Å². The van der Waals surface area contributed by atoms with E-state index >= 15 is 0 Å². The second kappa shape index (κ2) is 23.2. The van der Waals surface area contributed by atoms with Crippen molar-refractivity contribution >= 4 is 79.1 Å². The Balaban J connectivity index is 0.00000199. The summed E-state index contributed by atoms with van der Waals surface area (Å²) in [5.41, 5.74) is 12.9. The molecule has 2 aliphatic rings. The second-order valence-electron chi connectivity index (χ2n) is 19.3. The van der Waals surface area contributed by atoms with Gasteiger partial charge in [0, 0.05) is 74.7 Å². The number of rotatable bonds is 16. The Morgan fingerprint density at radius 3 is 2.42 bits per heavy atom. The summed E-state index contributed by atoms with van der Waals surface area (Å²) in [5.74, 6) is 0.588. The fourth-order valence-electron chi connectivity index (χ4n) is 9.96. The maximum atomic E-state index is 13.7. The average molecular weight is 1040 g/mol. The van der Waals surface area contributed by atoms with E-state index in [0.29, 0.717) is 55.7 Å². The number of unbranched alkanes of at least 4 members (excludes halogenated alkanes) is 3. The standard InChI is InChI=1S/C58H60N12O3S.C2H6.3H2/c1-6-7-13-37-16-18-38(19-17-37)54-53-34(2)35(3)74-58(53)69(36(4)59)55(60)48(66-54)31-52(72)62-26-11-8-12-27-63-57(73)40-20-24-49-46(29-40)67-56(70(49)41-22-23-44-39(28-41)21-25-51(71)65-44)43-30-47(50-32-61-33-68(50)5)64-45-15-10-9-14-42(43)45;1-2;;;/h9-10,14-20,22-24,28-30,32-33,48,59-60H,6-8,11-13,21,25-27,31H2,1-5H3,(H,62,72)(H,63,73)(H,65,71);1-2H3;3*1H/t48-;;;;/m0..../s1. The highest BCUT2D eigenvalue weighted by atomic mass is 32.1. The third-order valence-electron chi connectivity index (χ3n) is 14.1. The van der Waals surface area contributed by atoms with Gasteiger partial charge in [-0.15, -0.1) is 11.3 Å². The Bertz CT molecular complexity index is 3570. The summed E-state index contributed by atoms with van der Waals surface area (Å²) >= 11 is 1.55. The van der Waals surface area contributed by atoms with Crippen molar-refractivity contribution in [3.63, 3.8) is 0 Å². The lowest BCUT2D eigenvalue weighted by Gasteiger charge is -2.24. The van der Waals surface area contributed by atoms with Crippen LogP contribution >= 0.6 is 11.3 Å². The Morgan fingerprint density at radius 1 is 0.895 bits per heavy atom. The summed E-state index contributed by atoms with van der Waals surface area (Å²) in [5, 5.41) is 28.9. The monoisotopic (exact) mass is 1040 g/mol. The fourth-order valence-corrected chi connectivity index (χ4v) is 11.2. The van der Waals surface area contributed by atoms with E-state index in [1.807, 2.05) is 86.1 Å². The van der Waals surface area contributed by atoms with Crippen molar-refractivity contribution in [1.29, 1.82) is 10.8 Å². The quantitative estimate of drug-likeness (QED) is 0.0360. The number of hydrogen-bond donors (Lipinski definition) is 5. The highest BCUT2D eigenvalue weighted by molar-refractivity contribution is 7.17. The van der Waals surface area contributed by atoms with Gasteiger partial charge in [0.15, 0.2) is 0 Å². The van der Waals surface area contributed by atoms with E-state index in [1.165, 1.54) is 5.56 Å². The number of amidine groups is 2. The van der Waals surface area contributed by atoms with Crippen molar-refractivity contribution in [3.8, 4) is 28.5 Å². The number of aromatic nitrogens is 5. The predicted octanol–water partition coefficient (Wildman–Crippen LogP) is 12.4. The van der Waals surface area contributed by atoms with Gasteiger partial charge in [0.1, 0.15) is 28.5 Å². The Morgan fingerprint density at radius 2 is 1.67 bits per heavy atom. The van der Waals surface area contributed by atoms with Gasteiger partial charge >= 0.3 is 0 Å². The molecule has 4 aromatic heterocycles. The van der Waals surface area contributed by atoms with Crippen LogP contribution in [0.1, 0.15) is 120 Å². The number of carbonyl (C=O) groups is 3. The minimum absolute atomic E-state index is 0. The molecule has 0 fully saturated rings. The molecule has 15 nitrogen and oxygen atoms in total. The third kappa shape index (κ3) is 10.9. The molecule has 5 N–H and O–H groups in total. The molecule has 4 aromatic carbocycles. The van der Waals surface area contributed by atoms with Gasteiger partial charge in [0.2, 0.25) is 11.8 Å². The van der Waals surface area contributed by atoms with Crippen LogP contribution < -0.4 is 20.9 Å². The molecule has 0 unspecified atom stereocenters. The number of fused-ring (bicyclic) bond motifs is 4. The first-order chi connectivity index (χ1) is 36.9. The molecular weight excluding hydrogens is 969 g/mol. The predicted molar refractivity (Wildman–Crippen MR) is 314 cm³/mol. The van der Waals surface area contributed by atoms with Crippen LogP contribution in [0.3, 0.4) is 0 Å². The number of benzene rings is 4. The van der Waals surface area contributed by atoms with Gasteiger partial charge in [-0.25, -0.2) is 15.0 Å². The van der Waals surface area contributed by atoms with Crippen LogP contribution in [0.2, 0.25) is 0 Å². The molecule has 0 saturated carbocycles. The van der Waals surface area contributed by atoms with Gasteiger partial charge in [-0.3, -0.25) is 39.7 Å². The number of imidazole rings is 2. The second-order valence-corrected chi connectivity index (χ2v) is 20.5. The van der Waals surface area contributed by atoms with Gasteiger partial charge in [0.25, 0.3) is 5.91 Å². The molecule has 3 amide bonds. The minimum Gasteiger partial charge on any atom is -0.356 e. The summed E-state index contributed by atoms with van der Waals surface area (Å²) in [6, 6.07) is 29.4. The summed E-state index contributed by atoms with van der Waals surface area (Å²) in [6.45, 7) is 12.9. The van der Waals surface area contributed by atoms with E-state index in [9.17, 15) is 19.8 Å². The molecule has 16 heteroatoms. The average Bonchev–Trinajstić information content (AvgIpc) is 4.34. The van der Waals surface area contributed by atoms with Crippen molar-refractivity contribution in [2.75, 3.05) is 23.3 Å². The molecule has 0 spiro atoms. The lowest BCUT2D eigenvalue weighted by Crippen LogP contribution is -2.42. The first kappa shape index (κ1) is 52.7. The Kier molecular flexibility index (Phi) is 16.1. The molecule has 396 valence electrons. The molecule has 0 bridgehead atoms. The molecule has 10 rings (SSSR count). The number of pyridine rings is 1. The van der Waals surface area contributed by atoms with Crippen LogP contribution in [0.25, 0.3) is 50.4 Å². The molecular formula is C60H72N12O3S. The summed E-state index contributed by atoms with van der Waals surface area (Å²) in [6.07, 6.45) is 10.00. The van der Waals surface area contributed by atoms with E-state index in [4.69, 9.17) is 20.4 Å². The van der Waals surface area contributed by atoms with Gasteiger partial charge in [-0.05, 0) is 125 Å². The largest absolute Gasteiger partial charge is 0.356 e. The zero-order valence-electron chi connectivity index (χ0n) is 44.4. The maximum absolute atomic E-state index is 13.7. The van der Waals surface area contributed by atoms with Crippen molar-refractivity contribution in [3.05, 3.63) is 142 Å². The number of carbonyl (C=O) groups excluding carboxylic acids is 3. The first-order valence-corrected chi connectivity index (χ1v) is 27.3. The van der Waals surface area contributed by atoms with Gasteiger partial charge < -0.3 is 20.5 Å². The molecule has 76 heavy (non-hydrogen) atoms. The van der Waals surface area contributed by atoms with E-state index in [0.717, 1.165) is 108 Å². The molecule has 2 aliphatic heterocycles. The van der Waals surface area contributed by atoms with E-state index in [1.54, 1.807) is 35.7 Å². The first-order valence-electron chi connectivity index (χ1n) is 26.5. The number of para-hydroxylation sites is 1. The number of amides is 3. The van der Waals surface area contributed by atoms with Gasteiger partial charge in [-0.1, -0.05) is 69.7 Å². The highest BCUT2D eigenvalue weighted by Crippen LogP contribution is 2.41. The number of hydrogen-bond acceptors (Lipinski definition) is 10. The maximum Gasteiger partial charge on any atom is 0.251 e. The van der Waals surface area contributed by atoms with Crippen molar-refractivity contribution in [2.45, 2.75) is 105 Å². The lowest BCUT2D eigenvalue weighted by atomic mass is 9.97. The molecule has 1 atom stereocenters. The Labute approximate surface area is 452 Å². The number of nitrogens with one attached hydrogen (secondary N) is 5. The molecule has 8 aromatic rings. The van der Waals surface area contributed by atoms with Crippen molar-refractivity contribution in [2.24, 2.45) is 12.0 Å². The molecule has 0 radical (unpaired) electrons. The third-order valence-corrected chi connectivity index (χ3v) is 15.3. The van der Waals surface area contributed by atoms with Crippen LogP contribution in [-0.2, 0) is 29.5 Å². The number of aryl methyl sites for hydroxylation is 4.